The van der Waals surface area contributed by atoms with E-state index in [4.69, 9.17) is 11.6 Å². The van der Waals surface area contributed by atoms with Crippen molar-refractivity contribution in [2.24, 2.45) is 0 Å². The Morgan fingerprint density at radius 2 is 1.58 bits per heavy atom. The van der Waals surface area contributed by atoms with Crippen LogP contribution in [0, 0.1) is 0 Å². The molecule has 0 saturated carbocycles. The zero-order valence-electron chi connectivity index (χ0n) is 6.44. The first kappa shape index (κ1) is 10.1. The summed E-state index contributed by atoms with van der Waals surface area (Å²) in [6.07, 6.45) is 0. The van der Waals surface area contributed by atoms with Crippen LogP contribution in [-0.4, -0.2) is 11.8 Å². The molecule has 0 spiro atoms. The van der Waals surface area contributed by atoms with Crippen molar-refractivity contribution in [1.82, 2.24) is 0 Å². The lowest BCUT2D eigenvalue weighted by Gasteiger charge is -2.19. The zero-order valence-corrected chi connectivity index (χ0v) is 8.99. The second kappa shape index (κ2) is 4.90. The maximum atomic E-state index is 5.75. The quantitative estimate of drug-likeness (QED) is 0.584. The van der Waals surface area contributed by atoms with Crippen LogP contribution in [0.25, 0.3) is 0 Å². The molecule has 1 aromatic carbocycles. The van der Waals surface area contributed by atoms with Gasteiger partial charge in [-0.1, -0.05) is 11.6 Å². The molecule has 0 aliphatic carbocycles. The molecule has 1 nitrogen and oxygen atoms in total. The number of benzene rings is 1. The maximum absolute atomic E-state index is 5.75. The Kier molecular flexibility index (Phi) is 4.12. The van der Waals surface area contributed by atoms with Crippen molar-refractivity contribution in [3.05, 3.63) is 29.3 Å². The molecule has 0 aliphatic rings. The minimum Gasteiger partial charge on any atom is -0.354 e. The summed E-state index contributed by atoms with van der Waals surface area (Å²) < 4.78 is 0. The Balaban J connectivity index is 2.80. The van der Waals surface area contributed by atoms with Crippen molar-refractivity contribution in [3.8, 4) is 0 Å². The highest BCUT2D eigenvalue weighted by molar-refractivity contribution is 7.81. The summed E-state index contributed by atoms with van der Waals surface area (Å²) in [4.78, 5) is 2.02. The molecule has 12 heavy (non-hydrogen) atoms. The third-order valence-corrected chi connectivity index (χ3v) is 2.47. The number of nitrogens with zero attached hydrogens (tertiary/aromatic N) is 1. The lowest BCUT2D eigenvalue weighted by atomic mass is 10.3. The highest BCUT2D eigenvalue weighted by Crippen LogP contribution is 2.18. The van der Waals surface area contributed by atoms with Crippen LogP contribution < -0.4 is 4.90 Å². The van der Waals surface area contributed by atoms with E-state index in [1.807, 2.05) is 29.2 Å². The lowest BCUT2D eigenvalue weighted by Crippen LogP contribution is -2.18. The molecule has 0 aliphatic heterocycles. The van der Waals surface area contributed by atoms with E-state index in [0.29, 0.717) is 11.8 Å². The van der Waals surface area contributed by atoms with Gasteiger partial charge in [0, 0.05) is 10.7 Å². The molecule has 66 valence electrons. The standard InChI is InChI=1S/C8H10ClNS2/c9-7-1-3-8(4-2-7)10(5-11)6-12/h1-4,11-12H,5-6H2. The summed E-state index contributed by atoms with van der Waals surface area (Å²) in [7, 11) is 0. The zero-order chi connectivity index (χ0) is 8.97. The van der Waals surface area contributed by atoms with Gasteiger partial charge in [0.05, 0.1) is 11.8 Å². The topological polar surface area (TPSA) is 3.24 Å². The van der Waals surface area contributed by atoms with Gasteiger partial charge >= 0.3 is 0 Å². The van der Waals surface area contributed by atoms with Crippen LogP contribution in [0.4, 0.5) is 5.69 Å². The smallest absolute Gasteiger partial charge is 0.0618 e. The molecule has 0 radical (unpaired) electrons. The monoisotopic (exact) mass is 219 g/mol. The Bertz CT molecular complexity index is 233. The van der Waals surface area contributed by atoms with Crippen LogP contribution in [0.2, 0.25) is 5.02 Å². The van der Waals surface area contributed by atoms with Gasteiger partial charge in [-0.2, -0.15) is 25.3 Å². The molecule has 0 amide bonds. The van der Waals surface area contributed by atoms with Gasteiger partial charge in [0.1, 0.15) is 0 Å². The highest BCUT2D eigenvalue weighted by Gasteiger charge is 2.00. The minimum absolute atomic E-state index is 0.658. The fraction of sp³-hybridized carbons (Fsp3) is 0.250. The summed E-state index contributed by atoms with van der Waals surface area (Å²) in [5.74, 6) is 1.32. The van der Waals surface area contributed by atoms with Gasteiger partial charge in [-0.25, -0.2) is 0 Å². The van der Waals surface area contributed by atoms with E-state index < -0.39 is 0 Å². The number of hydrogen-bond acceptors (Lipinski definition) is 3. The van der Waals surface area contributed by atoms with Crippen molar-refractivity contribution >= 4 is 42.5 Å². The Hall–Kier alpha value is 0.01000. The summed E-state index contributed by atoms with van der Waals surface area (Å²) >= 11 is 14.1. The van der Waals surface area contributed by atoms with Crippen molar-refractivity contribution < 1.29 is 0 Å². The molecule has 0 unspecified atom stereocenters. The van der Waals surface area contributed by atoms with Crippen molar-refractivity contribution in [1.29, 1.82) is 0 Å². The van der Waals surface area contributed by atoms with Crippen LogP contribution in [0.1, 0.15) is 0 Å². The van der Waals surface area contributed by atoms with Crippen LogP contribution in [-0.2, 0) is 0 Å². The Labute approximate surface area is 88.5 Å². The molecule has 0 saturated heterocycles. The number of anilines is 1. The van der Waals surface area contributed by atoms with Crippen molar-refractivity contribution in [2.45, 2.75) is 0 Å². The summed E-state index contributed by atoms with van der Waals surface area (Å²) in [6, 6.07) is 7.62. The van der Waals surface area contributed by atoms with E-state index in [1.54, 1.807) is 0 Å². The molecule has 0 atom stereocenters. The largest absolute Gasteiger partial charge is 0.354 e. The molecule has 0 heterocycles. The van der Waals surface area contributed by atoms with E-state index in [9.17, 15) is 0 Å². The second-order valence-corrected chi connectivity index (χ2v) is 3.30. The SMILES string of the molecule is SCN(CS)c1ccc(Cl)cc1. The number of hydrogen-bond donors (Lipinski definition) is 2. The van der Waals surface area contributed by atoms with Gasteiger partial charge in [-0.15, -0.1) is 0 Å². The van der Waals surface area contributed by atoms with Crippen molar-refractivity contribution in [3.63, 3.8) is 0 Å². The van der Waals surface area contributed by atoms with Gasteiger partial charge in [-0.05, 0) is 24.3 Å². The first-order valence-corrected chi connectivity index (χ1v) is 5.14. The third kappa shape index (κ3) is 2.51. The van der Waals surface area contributed by atoms with E-state index in [-0.39, 0.29) is 0 Å². The van der Waals surface area contributed by atoms with Crippen LogP contribution >= 0.6 is 36.9 Å². The third-order valence-electron chi connectivity index (χ3n) is 1.53. The fourth-order valence-corrected chi connectivity index (χ4v) is 1.67. The van der Waals surface area contributed by atoms with Gasteiger partial charge in [0.15, 0.2) is 0 Å². The molecule has 1 rings (SSSR count). The molecule has 0 bridgehead atoms. The molecule has 1 aromatic rings. The average Bonchev–Trinajstić information content (AvgIpc) is 2.10. The average molecular weight is 220 g/mol. The molecule has 0 N–H and O–H groups in total. The van der Waals surface area contributed by atoms with Gasteiger partial charge in [0.25, 0.3) is 0 Å². The molecule has 0 aromatic heterocycles. The Morgan fingerprint density at radius 3 is 2.00 bits per heavy atom. The predicted octanol–water partition coefficient (Wildman–Crippen LogP) is 2.92. The maximum Gasteiger partial charge on any atom is 0.0618 e. The van der Waals surface area contributed by atoms with Gasteiger partial charge < -0.3 is 4.90 Å². The lowest BCUT2D eigenvalue weighted by molar-refractivity contribution is 1.07. The van der Waals surface area contributed by atoms with E-state index >= 15 is 0 Å². The van der Waals surface area contributed by atoms with E-state index in [1.165, 1.54) is 0 Å². The first-order valence-electron chi connectivity index (χ1n) is 3.50. The molecular formula is C8H10ClNS2. The summed E-state index contributed by atoms with van der Waals surface area (Å²) in [6.45, 7) is 0. The summed E-state index contributed by atoms with van der Waals surface area (Å²) in [5.41, 5.74) is 1.09. The van der Waals surface area contributed by atoms with E-state index in [0.717, 1.165) is 10.7 Å². The van der Waals surface area contributed by atoms with Crippen molar-refractivity contribution in [2.75, 3.05) is 16.7 Å². The van der Waals surface area contributed by atoms with E-state index in [2.05, 4.69) is 25.3 Å². The fourth-order valence-electron chi connectivity index (χ4n) is 0.860. The number of thiol groups is 2. The first-order chi connectivity index (χ1) is 5.77. The number of halogens is 1. The predicted molar refractivity (Wildman–Crippen MR) is 61.6 cm³/mol. The van der Waals surface area contributed by atoms with Crippen LogP contribution in [0.3, 0.4) is 0 Å². The summed E-state index contributed by atoms with van der Waals surface area (Å²) in [5, 5.41) is 0.747. The molecular weight excluding hydrogens is 210 g/mol. The number of rotatable bonds is 3. The van der Waals surface area contributed by atoms with Crippen LogP contribution in [0.15, 0.2) is 24.3 Å². The minimum atomic E-state index is 0.658. The normalized spacial score (nSPS) is 9.92. The van der Waals surface area contributed by atoms with Gasteiger partial charge in [0.2, 0.25) is 0 Å². The second-order valence-electron chi connectivity index (χ2n) is 2.30. The molecule has 0 fully saturated rings. The highest BCUT2D eigenvalue weighted by atomic mass is 35.5. The van der Waals surface area contributed by atoms with Gasteiger partial charge in [-0.3, -0.25) is 0 Å². The van der Waals surface area contributed by atoms with Crippen LogP contribution in [0.5, 0.6) is 0 Å². The Morgan fingerprint density at radius 1 is 1.08 bits per heavy atom. The molecule has 4 heteroatoms.